The van der Waals surface area contributed by atoms with Gasteiger partial charge in [0.25, 0.3) is 0 Å². The van der Waals surface area contributed by atoms with Crippen molar-refractivity contribution in [1.29, 1.82) is 0 Å². The summed E-state index contributed by atoms with van der Waals surface area (Å²) in [6.45, 7) is 1.67. The van der Waals surface area contributed by atoms with Crippen molar-refractivity contribution >= 4 is 56.6 Å². The van der Waals surface area contributed by atoms with Gasteiger partial charge in [0.1, 0.15) is 4.90 Å². The fraction of sp³-hybridized carbons (Fsp3) is 0.316. The Morgan fingerprint density at radius 3 is 2.48 bits per heavy atom. The lowest BCUT2D eigenvalue weighted by atomic mass is 10.3. The van der Waals surface area contributed by atoms with Crippen LogP contribution in [-0.4, -0.2) is 62.5 Å². The van der Waals surface area contributed by atoms with E-state index in [0.29, 0.717) is 13.1 Å². The molecule has 6 nitrogen and oxygen atoms in total. The molecule has 10 heteroatoms. The molecule has 29 heavy (non-hydrogen) atoms. The zero-order valence-electron chi connectivity index (χ0n) is 15.8. The van der Waals surface area contributed by atoms with Gasteiger partial charge in [-0.1, -0.05) is 35.3 Å². The van der Waals surface area contributed by atoms with Gasteiger partial charge in [0.15, 0.2) is 0 Å². The maximum Gasteiger partial charge on any atom is 0.244 e. The number of hydrogen-bond donors (Lipinski definition) is 1. The molecule has 156 valence electrons. The van der Waals surface area contributed by atoms with Gasteiger partial charge in [0.05, 0.1) is 16.6 Å². The molecule has 0 atom stereocenters. The Labute approximate surface area is 185 Å². The number of rotatable bonds is 6. The Balaban J connectivity index is 1.57. The van der Waals surface area contributed by atoms with Crippen molar-refractivity contribution < 1.29 is 13.2 Å². The summed E-state index contributed by atoms with van der Waals surface area (Å²) in [7, 11) is -3.74. The molecule has 1 amide bonds. The minimum absolute atomic E-state index is 0.00605. The van der Waals surface area contributed by atoms with Gasteiger partial charge in [0, 0.05) is 36.8 Å². The first-order valence-corrected chi connectivity index (χ1v) is 12.3. The van der Waals surface area contributed by atoms with Crippen LogP contribution in [0.1, 0.15) is 0 Å². The normalized spacial score (nSPS) is 16.0. The van der Waals surface area contributed by atoms with E-state index in [4.69, 9.17) is 23.2 Å². The van der Waals surface area contributed by atoms with Crippen LogP contribution >= 0.6 is 35.0 Å². The molecule has 0 spiro atoms. The van der Waals surface area contributed by atoms with Gasteiger partial charge in [-0.25, -0.2) is 8.42 Å². The molecule has 2 aromatic rings. The van der Waals surface area contributed by atoms with E-state index in [1.54, 1.807) is 23.9 Å². The number of nitrogens with zero attached hydrogens (tertiary/aromatic N) is 2. The Morgan fingerprint density at radius 2 is 1.79 bits per heavy atom. The molecule has 0 aliphatic carbocycles. The van der Waals surface area contributed by atoms with Crippen LogP contribution in [0.15, 0.2) is 52.3 Å². The largest absolute Gasteiger partial charge is 0.325 e. The first-order chi connectivity index (χ1) is 13.8. The van der Waals surface area contributed by atoms with E-state index in [1.165, 1.54) is 10.4 Å². The molecule has 0 saturated carbocycles. The predicted octanol–water partition coefficient (Wildman–Crippen LogP) is 3.66. The van der Waals surface area contributed by atoms with Gasteiger partial charge >= 0.3 is 0 Å². The number of amides is 1. The highest BCUT2D eigenvalue weighted by Gasteiger charge is 2.31. The molecule has 0 aromatic heterocycles. The SMILES string of the molecule is CSc1cccc(NC(=O)CN2CCN(S(=O)(=O)c3cccc(Cl)c3Cl)CC2)c1. The van der Waals surface area contributed by atoms with Crippen LogP contribution in [-0.2, 0) is 14.8 Å². The van der Waals surface area contributed by atoms with Crippen LogP contribution in [0.5, 0.6) is 0 Å². The van der Waals surface area contributed by atoms with E-state index in [1.807, 2.05) is 35.4 Å². The van der Waals surface area contributed by atoms with Crippen LogP contribution < -0.4 is 5.32 Å². The third-order valence-electron chi connectivity index (χ3n) is 4.59. The van der Waals surface area contributed by atoms with Gasteiger partial charge in [-0.3, -0.25) is 9.69 Å². The summed E-state index contributed by atoms with van der Waals surface area (Å²) in [5, 5.41) is 3.12. The number of carbonyl (C=O) groups is 1. The number of sulfonamides is 1. The van der Waals surface area contributed by atoms with Crippen LogP contribution in [0.25, 0.3) is 0 Å². The predicted molar refractivity (Wildman–Crippen MR) is 119 cm³/mol. The summed E-state index contributed by atoms with van der Waals surface area (Å²) in [4.78, 5) is 15.3. The first kappa shape index (κ1) is 22.4. The quantitative estimate of drug-likeness (QED) is 0.648. The highest BCUT2D eigenvalue weighted by atomic mass is 35.5. The highest BCUT2D eigenvalue weighted by molar-refractivity contribution is 7.98. The summed E-state index contributed by atoms with van der Waals surface area (Å²) >= 11 is 13.7. The van der Waals surface area contributed by atoms with Crippen LogP contribution in [0.2, 0.25) is 10.0 Å². The second-order valence-corrected chi connectivity index (χ2v) is 10.1. The Bertz CT molecular complexity index is 994. The van der Waals surface area contributed by atoms with E-state index in [-0.39, 0.29) is 40.5 Å². The summed E-state index contributed by atoms with van der Waals surface area (Å²) < 4.78 is 27.1. The number of carbonyl (C=O) groups excluding carboxylic acids is 1. The van der Waals surface area contributed by atoms with Gasteiger partial charge in [-0.05, 0) is 36.6 Å². The maximum atomic E-state index is 12.9. The fourth-order valence-corrected chi connectivity index (χ4v) is 5.67. The molecular formula is C19H21Cl2N3O3S2. The first-order valence-electron chi connectivity index (χ1n) is 8.91. The van der Waals surface area contributed by atoms with Crippen LogP contribution in [0.3, 0.4) is 0 Å². The van der Waals surface area contributed by atoms with Crippen molar-refractivity contribution in [3.05, 3.63) is 52.5 Å². The summed E-state index contributed by atoms with van der Waals surface area (Å²) in [5.41, 5.74) is 0.749. The minimum Gasteiger partial charge on any atom is -0.325 e. The molecule has 1 saturated heterocycles. The van der Waals surface area contributed by atoms with Crippen molar-refractivity contribution in [3.63, 3.8) is 0 Å². The van der Waals surface area contributed by atoms with Gasteiger partial charge in [-0.15, -0.1) is 11.8 Å². The number of anilines is 1. The third kappa shape index (κ3) is 5.45. The summed E-state index contributed by atoms with van der Waals surface area (Å²) in [5.74, 6) is -0.127. The average molecular weight is 474 g/mol. The van der Waals surface area contributed by atoms with Crippen molar-refractivity contribution in [1.82, 2.24) is 9.21 Å². The van der Waals surface area contributed by atoms with Crippen molar-refractivity contribution in [2.24, 2.45) is 0 Å². The lowest BCUT2D eigenvalue weighted by Gasteiger charge is -2.33. The molecule has 1 heterocycles. The van der Waals surface area contributed by atoms with E-state index in [0.717, 1.165) is 10.6 Å². The van der Waals surface area contributed by atoms with E-state index in [2.05, 4.69) is 5.32 Å². The van der Waals surface area contributed by atoms with Crippen LogP contribution in [0.4, 0.5) is 5.69 Å². The molecule has 2 aromatic carbocycles. The monoisotopic (exact) mass is 473 g/mol. The third-order valence-corrected chi connectivity index (χ3v) is 8.18. The molecule has 3 rings (SSSR count). The summed E-state index contributed by atoms with van der Waals surface area (Å²) in [6.07, 6.45) is 1.98. The number of hydrogen-bond acceptors (Lipinski definition) is 5. The Morgan fingerprint density at radius 1 is 1.10 bits per heavy atom. The topological polar surface area (TPSA) is 69.7 Å². The Kier molecular flexibility index (Phi) is 7.47. The molecule has 1 aliphatic rings. The second kappa shape index (κ2) is 9.68. The standard InChI is InChI=1S/C19H21Cl2N3O3S2/c1-28-15-5-2-4-14(12-15)22-18(25)13-23-8-10-24(11-9-23)29(26,27)17-7-3-6-16(20)19(17)21/h2-7,12H,8-11,13H2,1H3,(H,22,25). The molecule has 0 bridgehead atoms. The minimum atomic E-state index is -3.74. The summed E-state index contributed by atoms with van der Waals surface area (Å²) in [6, 6.07) is 12.2. The smallest absolute Gasteiger partial charge is 0.244 e. The number of halogens is 2. The fourth-order valence-electron chi connectivity index (χ4n) is 3.05. The number of nitrogens with one attached hydrogen (secondary N) is 1. The molecular weight excluding hydrogens is 453 g/mol. The van der Waals surface area contributed by atoms with Crippen LogP contribution in [0, 0.1) is 0 Å². The number of thioether (sulfide) groups is 1. The number of benzene rings is 2. The van der Waals surface area contributed by atoms with Crippen molar-refractivity contribution in [2.45, 2.75) is 9.79 Å². The maximum absolute atomic E-state index is 12.9. The van der Waals surface area contributed by atoms with Crippen molar-refractivity contribution in [3.8, 4) is 0 Å². The molecule has 1 fully saturated rings. The zero-order chi connectivity index (χ0) is 21.0. The second-order valence-electron chi connectivity index (χ2n) is 6.51. The number of piperazine rings is 1. The lowest BCUT2D eigenvalue weighted by Crippen LogP contribution is -2.50. The van der Waals surface area contributed by atoms with E-state index >= 15 is 0 Å². The van der Waals surface area contributed by atoms with E-state index in [9.17, 15) is 13.2 Å². The van der Waals surface area contributed by atoms with Gasteiger partial charge in [0.2, 0.25) is 15.9 Å². The van der Waals surface area contributed by atoms with E-state index < -0.39 is 10.0 Å². The lowest BCUT2D eigenvalue weighted by molar-refractivity contribution is -0.117. The average Bonchev–Trinajstić information content (AvgIpc) is 2.70. The molecule has 0 unspecified atom stereocenters. The molecule has 1 N–H and O–H groups in total. The molecule has 1 aliphatic heterocycles. The highest BCUT2D eigenvalue weighted by Crippen LogP contribution is 2.31. The van der Waals surface area contributed by atoms with Gasteiger partial charge in [-0.2, -0.15) is 4.31 Å². The zero-order valence-corrected chi connectivity index (χ0v) is 18.9. The van der Waals surface area contributed by atoms with Gasteiger partial charge < -0.3 is 5.32 Å². The Hall–Kier alpha value is -1.29. The van der Waals surface area contributed by atoms with Crippen molar-refractivity contribution in [2.75, 3.05) is 44.3 Å². The molecule has 0 radical (unpaired) electrons.